The molecule has 0 N–H and O–H groups in total. The van der Waals surface area contributed by atoms with Crippen molar-refractivity contribution >= 4 is 23.3 Å². The zero-order valence-electron chi connectivity index (χ0n) is 11.3. The number of anilines is 1. The minimum Gasteiger partial charge on any atom is -0.293 e. The number of aromatic nitrogens is 1. The van der Waals surface area contributed by atoms with Crippen molar-refractivity contribution in [2.45, 2.75) is 12.8 Å². The predicted molar refractivity (Wildman–Crippen MR) is 75.9 cm³/mol. The summed E-state index contributed by atoms with van der Waals surface area (Å²) < 4.78 is 0. The van der Waals surface area contributed by atoms with E-state index in [4.69, 9.17) is 0 Å². The number of ketones is 1. The monoisotopic (exact) mass is 280 g/mol. The number of pyridine rings is 1. The maximum absolute atomic E-state index is 12.6. The lowest BCUT2D eigenvalue weighted by Gasteiger charge is -2.12. The molecule has 5 nitrogen and oxygen atoms in total. The summed E-state index contributed by atoms with van der Waals surface area (Å²) in [6.07, 6.45) is 2.98. The van der Waals surface area contributed by atoms with Gasteiger partial charge in [-0.2, -0.15) is 0 Å². The summed E-state index contributed by atoms with van der Waals surface area (Å²) >= 11 is 0. The molecule has 1 atom stereocenters. The van der Waals surface area contributed by atoms with Crippen LogP contribution in [-0.4, -0.2) is 22.6 Å². The van der Waals surface area contributed by atoms with Gasteiger partial charge in [0, 0.05) is 24.9 Å². The molecule has 0 aliphatic carbocycles. The van der Waals surface area contributed by atoms with E-state index >= 15 is 0 Å². The molecule has 2 heterocycles. The smallest absolute Gasteiger partial charge is 0.249 e. The minimum atomic E-state index is -0.978. The third-order valence-electron chi connectivity index (χ3n) is 3.48. The van der Waals surface area contributed by atoms with Gasteiger partial charge in [0.2, 0.25) is 11.8 Å². The van der Waals surface area contributed by atoms with Crippen LogP contribution in [0.3, 0.4) is 0 Å². The van der Waals surface area contributed by atoms with E-state index in [-0.39, 0.29) is 5.78 Å². The van der Waals surface area contributed by atoms with Crippen molar-refractivity contribution in [2.75, 3.05) is 4.90 Å². The van der Waals surface area contributed by atoms with Gasteiger partial charge >= 0.3 is 0 Å². The van der Waals surface area contributed by atoms with E-state index < -0.39 is 17.7 Å². The topological polar surface area (TPSA) is 67.3 Å². The highest BCUT2D eigenvalue weighted by atomic mass is 16.2. The number of imide groups is 1. The first-order valence-electron chi connectivity index (χ1n) is 6.49. The maximum atomic E-state index is 12.6. The average molecular weight is 280 g/mol. The average Bonchev–Trinajstić information content (AvgIpc) is 2.79. The summed E-state index contributed by atoms with van der Waals surface area (Å²) in [5.74, 6) is -2.22. The lowest BCUT2D eigenvalue weighted by Crippen LogP contribution is -2.35. The lowest BCUT2D eigenvalue weighted by molar-refractivity contribution is -0.125. The van der Waals surface area contributed by atoms with Gasteiger partial charge in [0.25, 0.3) is 0 Å². The number of carbonyl (C=O) groups is 3. The number of fused-ring (bicyclic) bond motifs is 1. The Morgan fingerprint density at radius 1 is 1.14 bits per heavy atom. The molecule has 2 aromatic rings. The van der Waals surface area contributed by atoms with Crippen molar-refractivity contribution in [3.63, 3.8) is 0 Å². The first kappa shape index (κ1) is 13.2. The van der Waals surface area contributed by atoms with E-state index in [0.29, 0.717) is 16.8 Å². The van der Waals surface area contributed by atoms with Crippen LogP contribution in [-0.2, 0) is 9.59 Å². The number of amides is 2. The van der Waals surface area contributed by atoms with Crippen molar-refractivity contribution in [3.05, 3.63) is 59.9 Å². The predicted octanol–water partition coefficient (Wildman–Crippen LogP) is 1.94. The van der Waals surface area contributed by atoms with Crippen LogP contribution >= 0.6 is 0 Å². The molecule has 0 radical (unpaired) electrons. The highest BCUT2D eigenvalue weighted by Gasteiger charge is 2.43. The largest absolute Gasteiger partial charge is 0.293 e. The van der Waals surface area contributed by atoms with E-state index in [1.54, 1.807) is 42.6 Å². The quantitative estimate of drug-likeness (QED) is 0.623. The zero-order chi connectivity index (χ0) is 15.0. The van der Waals surface area contributed by atoms with Crippen LogP contribution in [0.2, 0.25) is 0 Å². The fourth-order valence-electron chi connectivity index (χ4n) is 2.57. The molecule has 0 saturated carbocycles. The van der Waals surface area contributed by atoms with Crippen molar-refractivity contribution in [1.82, 2.24) is 4.98 Å². The van der Waals surface area contributed by atoms with Crippen LogP contribution in [0.15, 0.2) is 48.8 Å². The summed E-state index contributed by atoms with van der Waals surface area (Å²) in [5, 5.41) is 0. The van der Waals surface area contributed by atoms with Crippen molar-refractivity contribution in [3.8, 4) is 0 Å². The Hall–Kier alpha value is -2.82. The molecule has 1 aromatic heterocycles. The fraction of sp³-hybridized carbons (Fsp3) is 0.125. The summed E-state index contributed by atoms with van der Waals surface area (Å²) in [6.45, 7) is 1.31. The van der Waals surface area contributed by atoms with E-state index in [9.17, 15) is 14.4 Å². The standard InChI is InChI=1S/C16H12N2O3/c1-10(19)18-13-7-3-2-6-12(13)14(16(18)21)15(20)11-5-4-8-17-9-11/h2-9,14H,1H3. The molecule has 0 saturated heterocycles. The number of para-hydroxylation sites is 1. The van der Waals surface area contributed by atoms with Crippen molar-refractivity contribution < 1.29 is 14.4 Å². The third kappa shape index (κ3) is 2.03. The van der Waals surface area contributed by atoms with Gasteiger partial charge in [0.15, 0.2) is 5.78 Å². The Labute approximate surface area is 121 Å². The van der Waals surface area contributed by atoms with Crippen LogP contribution in [0.1, 0.15) is 28.8 Å². The molecule has 21 heavy (non-hydrogen) atoms. The number of benzene rings is 1. The Morgan fingerprint density at radius 2 is 1.90 bits per heavy atom. The van der Waals surface area contributed by atoms with Crippen LogP contribution in [0.25, 0.3) is 0 Å². The number of Topliss-reactive ketones (excluding diaryl/α,β-unsaturated/α-hetero) is 1. The molecule has 104 valence electrons. The van der Waals surface area contributed by atoms with Crippen LogP contribution in [0.5, 0.6) is 0 Å². The molecule has 1 aliphatic rings. The van der Waals surface area contributed by atoms with Gasteiger partial charge in [-0.1, -0.05) is 18.2 Å². The minimum absolute atomic E-state index is 0.343. The SMILES string of the molecule is CC(=O)N1C(=O)C(C(=O)c2cccnc2)c2ccccc21. The Bertz CT molecular complexity index is 740. The molecule has 0 spiro atoms. The summed E-state index contributed by atoms with van der Waals surface area (Å²) in [6, 6.07) is 10.1. The normalized spacial score (nSPS) is 16.7. The van der Waals surface area contributed by atoms with Crippen molar-refractivity contribution in [2.24, 2.45) is 0 Å². The van der Waals surface area contributed by atoms with Crippen LogP contribution in [0.4, 0.5) is 5.69 Å². The number of nitrogens with zero attached hydrogens (tertiary/aromatic N) is 2. The molecule has 0 bridgehead atoms. The first-order valence-corrected chi connectivity index (χ1v) is 6.49. The molecule has 0 fully saturated rings. The molecule has 1 unspecified atom stereocenters. The summed E-state index contributed by atoms with van der Waals surface area (Å²) in [7, 11) is 0. The lowest BCUT2D eigenvalue weighted by atomic mass is 9.92. The van der Waals surface area contributed by atoms with Crippen LogP contribution in [0, 0.1) is 0 Å². The van der Waals surface area contributed by atoms with Gasteiger partial charge in [-0.15, -0.1) is 0 Å². The first-order chi connectivity index (χ1) is 10.1. The van der Waals surface area contributed by atoms with Gasteiger partial charge in [0.1, 0.15) is 5.92 Å². The molecule has 3 rings (SSSR count). The fourth-order valence-corrected chi connectivity index (χ4v) is 2.57. The highest BCUT2D eigenvalue weighted by Crippen LogP contribution is 2.38. The van der Waals surface area contributed by atoms with Gasteiger partial charge in [-0.3, -0.25) is 19.4 Å². The maximum Gasteiger partial charge on any atom is 0.249 e. The van der Waals surface area contributed by atoms with Gasteiger partial charge in [-0.05, 0) is 23.8 Å². The zero-order valence-corrected chi connectivity index (χ0v) is 11.3. The van der Waals surface area contributed by atoms with Gasteiger partial charge < -0.3 is 0 Å². The van der Waals surface area contributed by atoms with E-state index in [1.807, 2.05) is 0 Å². The Balaban J connectivity index is 2.10. The van der Waals surface area contributed by atoms with Crippen molar-refractivity contribution in [1.29, 1.82) is 0 Å². The third-order valence-corrected chi connectivity index (χ3v) is 3.48. The van der Waals surface area contributed by atoms with E-state index in [2.05, 4.69) is 4.98 Å². The molecule has 1 aliphatic heterocycles. The number of carbonyl (C=O) groups excluding carboxylic acids is 3. The summed E-state index contributed by atoms with van der Waals surface area (Å²) in [5.41, 5.74) is 1.40. The molecular formula is C16H12N2O3. The number of hydrogen-bond donors (Lipinski definition) is 0. The molecular weight excluding hydrogens is 268 g/mol. The Kier molecular flexibility index (Phi) is 3.10. The van der Waals surface area contributed by atoms with E-state index in [0.717, 1.165) is 4.90 Å². The van der Waals surface area contributed by atoms with E-state index in [1.165, 1.54) is 13.1 Å². The van der Waals surface area contributed by atoms with Gasteiger partial charge in [0.05, 0.1) is 5.69 Å². The highest BCUT2D eigenvalue weighted by molar-refractivity contribution is 6.29. The van der Waals surface area contributed by atoms with Crippen LogP contribution < -0.4 is 4.90 Å². The number of rotatable bonds is 2. The molecule has 1 aromatic carbocycles. The second kappa shape index (κ2) is 4.94. The molecule has 5 heteroatoms. The summed E-state index contributed by atoms with van der Waals surface area (Å²) in [4.78, 5) is 41.7. The second-order valence-electron chi connectivity index (χ2n) is 4.79. The Morgan fingerprint density at radius 3 is 2.57 bits per heavy atom. The second-order valence-corrected chi connectivity index (χ2v) is 4.79. The molecule has 2 amide bonds. The number of hydrogen-bond acceptors (Lipinski definition) is 4. The van der Waals surface area contributed by atoms with Gasteiger partial charge in [-0.25, -0.2) is 4.90 Å².